The third-order valence-electron chi connectivity index (χ3n) is 4.70. The van der Waals surface area contributed by atoms with Gasteiger partial charge in [0.25, 0.3) is 0 Å². The summed E-state index contributed by atoms with van der Waals surface area (Å²) >= 11 is 3.20. The lowest BCUT2D eigenvalue weighted by Gasteiger charge is -2.22. The normalized spacial score (nSPS) is 17.9. The molecule has 1 unspecified atom stereocenters. The SMILES string of the molecule is CCC1CSC(=Nc2cccc(C)c2)N1C(=O)CCc1nc(-c2cccs2)no1. The molecule has 4 rings (SSSR count). The second kappa shape index (κ2) is 8.92. The average molecular weight is 427 g/mol. The van der Waals surface area contributed by atoms with Gasteiger partial charge in [-0.2, -0.15) is 4.98 Å². The van der Waals surface area contributed by atoms with Crippen LogP contribution in [-0.4, -0.2) is 37.9 Å². The Labute approximate surface area is 178 Å². The minimum Gasteiger partial charge on any atom is -0.339 e. The van der Waals surface area contributed by atoms with Crippen LogP contribution in [0.1, 0.15) is 31.2 Å². The maximum Gasteiger partial charge on any atom is 0.229 e. The van der Waals surface area contributed by atoms with Gasteiger partial charge in [-0.05, 0) is 42.5 Å². The Morgan fingerprint density at radius 3 is 3.00 bits per heavy atom. The summed E-state index contributed by atoms with van der Waals surface area (Å²) in [5, 5.41) is 6.76. The molecule has 6 nitrogen and oxygen atoms in total. The Balaban J connectivity index is 1.46. The van der Waals surface area contributed by atoms with Crippen LogP contribution in [0.25, 0.3) is 10.7 Å². The van der Waals surface area contributed by atoms with Crippen LogP contribution in [0.5, 0.6) is 0 Å². The Hall–Kier alpha value is -2.45. The lowest BCUT2D eigenvalue weighted by molar-refractivity contribution is -0.128. The van der Waals surface area contributed by atoms with E-state index in [-0.39, 0.29) is 11.9 Å². The standard InChI is InChI=1S/C21H22N4O2S2/c1-3-16-13-29-21(22-15-7-4-6-14(2)12-15)25(16)19(26)10-9-18-23-20(24-27-18)17-8-5-11-28-17/h4-8,11-12,16H,3,9-10,13H2,1-2H3. The summed E-state index contributed by atoms with van der Waals surface area (Å²) in [6.45, 7) is 4.14. The van der Waals surface area contributed by atoms with E-state index in [2.05, 4.69) is 17.1 Å². The van der Waals surface area contributed by atoms with Gasteiger partial charge in [0.05, 0.1) is 10.6 Å². The molecule has 8 heteroatoms. The van der Waals surface area contributed by atoms with Crippen molar-refractivity contribution in [2.24, 2.45) is 4.99 Å². The van der Waals surface area contributed by atoms with Gasteiger partial charge < -0.3 is 4.52 Å². The third kappa shape index (κ3) is 4.59. The van der Waals surface area contributed by atoms with Crippen molar-refractivity contribution >= 4 is 39.9 Å². The molecule has 0 N–H and O–H groups in total. The molecule has 1 aliphatic heterocycles. The molecule has 1 fully saturated rings. The number of thioether (sulfide) groups is 1. The number of aryl methyl sites for hydroxylation is 2. The van der Waals surface area contributed by atoms with Crippen molar-refractivity contribution in [2.45, 2.75) is 39.2 Å². The molecule has 1 aromatic carbocycles. The van der Waals surface area contributed by atoms with E-state index in [9.17, 15) is 4.79 Å². The monoisotopic (exact) mass is 426 g/mol. The fourth-order valence-corrected chi connectivity index (χ4v) is 5.11. The van der Waals surface area contributed by atoms with Gasteiger partial charge in [-0.3, -0.25) is 9.69 Å². The summed E-state index contributed by atoms with van der Waals surface area (Å²) in [7, 11) is 0. The molecule has 3 heterocycles. The van der Waals surface area contributed by atoms with E-state index >= 15 is 0 Å². The van der Waals surface area contributed by atoms with E-state index in [1.54, 1.807) is 23.1 Å². The molecule has 0 saturated carbocycles. The predicted molar refractivity (Wildman–Crippen MR) is 118 cm³/mol. The molecule has 150 valence electrons. The summed E-state index contributed by atoms with van der Waals surface area (Å²) in [5.41, 5.74) is 2.03. The Morgan fingerprint density at radius 1 is 1.34 bits per heavy atom. The van der Waals surface area contributed by atoms with Crippen LogP contribution in [0, 0.1) is 6.92 Å². The van der Waals surface area contributed by atoms with Gasteiger partial charge in [0, 0.05) is 24.6 Å². The number of nitrogens with zero attached hydrogens (tertiary/aromatic N) is 4. The highest BCUT2D eigenvalue weighted by Crippen LogP contribution is 2.30. The number of hydrogen-bond acceptors (Lipinski definition) is 7. The lowest BCUT2D eigenvalue weighted by Crippen LogP contribution is -2.39. The molecular weight excluding hydrogens is 404 g/mol. The van der Waals surface area contributed by atoms with Gasteiger partial charge in [-0.1, -0.05) is 42.0 Å². The number of aliphatic imine (C=N–C) groups is 1. The van der Waals surface area contributed by atoms with Gasteiger partial charge in [-0.15, -0.1) is 11.3 Å². The van der Waals surface area contributed by atoms with E-state index in [1.807, 2.05) is 53.6 Å². The van der Waals surface area contributed by atoms with Gasteiger partial charge in [-0.25, -0.2) is 4.99 Å². The van der Waals surface area contributed by atoms with E-state index < -0.39 is 0 Å². The van der Waals surface area contributed by atoms with Crippen LogP contribution in [0.4, 0.5) is 5.69 Å². The van der Waals surface area contributed by atoms with Crippen LogP contribution in [0.3, 0.4) is 0 Å². The van der Waals surface area contributed by atoms with Crippen molar-refractivity contribution in [3.8, 4) is 10.7 Å². The van der Waals surface area contributed by atoms with Gasteiger partial charge in [0.15, 0.2) is 5.17 Å². The van der Waals surface area contributed by atoms with Crippen molar-refractivity contribution < 1.29 is 9.32 Å². The first kappa shape index (κ1) is 19.8. The van der Waals surface area contributed by atoms with Gasteiger partial charge >= 0.3 is 0 Å². The number of amides is 1. The molecule has 2 aromatic heterocycles. The molecule has 29 heavy (non-hydrogen) atoms. The first-order valence-electron chi connectivity index (χ1n) is 9.60. The Morgan fingerprint density at radius 2 is 2.24 bits per heavy atom. The van der Waals surface area contributed by atoms with E-state index in [4.69, 9.17) is 9.52 Å². The highest BCUT2D eigenvalue weighted by molar-refractivity contribution is 8.14. The van der Waals surface area contributed by atoms with Gasteiger partial charge in [0.1, 0.15) is 0 Å². The summed E-state index contributed by atoms with van der Waals surface area (Å²) in [5.74, 6) is 1.98. The van der Waals surface area contributed by atoms with E-state index in [0.29, 0.717) is 24.6 Å². The van der Waals surface area contributed by atoms with Crippen LogP contribution in [-0.2, 0) is 11.2 Å². The topological polar surface area (TPSA) is 71.6 Å². The van der Waals surface area contributed by atoms with Crippen molar-refractivity contribution in [1.29, 1.82) is 0 Å². The summed E-state index contributed by atoms with van der Waals surface area (Å²) in [4.78, 5) is 25.0. The summed E-state index contributed by atoms with van der Waals surface area (Å²) < 4.78 is 5.33. The molecule has 0 bridgehead atoms. The van der Waals surface area contributed by atoms with Crippen LogP contribution < -0.4 is 0 Å². The fourth-order valence-electron chi connectivity index (χ4n) is 3.17. The lowest BCUT2D eigenvalue weighted by atomic mass is 10.2. The number of thiophene rings is 1. The van der Waals surface area contributed by atoms with Crippen molar-refractivity contribution in [3.63, 3.8) is 0 Å². The minimum atomic E-state index is 0.0455. The number of amidine groups is 1. The molecule has 1 amide bonds. The summed E-state index contributed by atoms with van der Waals surface area (Å²) in [6, 6.07) is 12.1. The molecular formula is C21H22N4O2S2. The molecule has 0 spiro atoms. The van der Waals surface area contributed by atoms with Crippen LogP contribution in [0.2, 0.25) is 0 Å². The molecule has 0 radical (unpaired) electrons. The number of benzene rings is 1. The number of aromatic nitrogens is 2. The number of carbonyl (C=O) groups excluding carboxylic acids is 1. The zero-order valence-corrected chi connectivity index (χ0v) is 18.0. The molecule has 1 saturated heterocycles. The average Bonchev–Trinajstić information content (AvgIpc) is 3.46. The quantitative estimate of drug-likeness (QED) is 0.550. The third-order valence-corrected chi connectivity index (χ3v) is 6.67. The zero-order chi connectivity index (χ0) is 20.2. The van der Waals surface area contributed by atoms with E-state index in [1.165, 1.54) is 0 Å². The maximum absolute atomic E-state index is 13.0. The van der Waals surface area contributed by atoms with Crippen molar-refractivity contribution in [2.75, 3.05) is 5.75 Å². The smallest absolute Gasteiger partial charge is 0.229 e. The highest BCUT2D eigenvalue weighted by Gasteiger charge is 2.33. The predicted octanol–water partition coefficient (Wildman–Crippen LogP) is 5.08. The highest BCUT2D eigenvalue weighted by atomic mass is 32.2. The number of rotatable bonds is 6. The van der Waals surface area contributed by atoms with Crippen LogP contribution >= 0.6 is 23.1 Å². The maximum atomic E-state index is 13.0. The Bertz CT molecular complexity index is 1010. The largest absolute Gasteiger partial charge is 0.339 e. The van der Waals surface area contributed by atoms with Crippen molar-refractivity contribution in [1.82, 2.24) is 15.0 Å². The first-order chi connectivity index (χ1) is 14.1. The zero-order valence-electron chi connectivity index (χ0n) is 16.4. The fraction of sp³-hybridized carbons (Fsp3) is 0.333. The molecule has 3 aromatic rings. The van der Waals surface area contributed by atoms with Crippen LogP contribution in [0.15, 0.2) is 51.3 Å². The molecule has 0 aliphatic carbocycles. The Kier molecular flexibility index (Phi) is 6.10. The van der Waals surface area contributed by atoms with Gasteiger partial charge in [0.2, 0.25) is 17.6 Å². The molecule has 1 atom stereocenters. The van der Waals surface area contributed by atoms with Crippen molar-refractivity contribution in [3.05, 3.63) is 53.2 Å². The number of hydrogen-bond donors (Lipinski definition) is 0. The van der Waals surface area contributed by atoms with E-state index in [0.717, 1.165) is 33.5 Å². The first-order valence-corrected chi connectivity index (χ1v) is 11.5. The minimum absolute atomic E-state index is 0.0455. The summed E-state index contributed by atoms with van der Waals surface area (Å²) in [6.07, 6.45) is 1.64. The number of carbonyl (C=O) groups is 1. The molecule has 1 aliphatic rings. The second-order valence-electron chi connectivity index (χ2n) is 6.86. The second-order valence-corrected chi connectivity index (χ2v) is 8.79.